The average molecular weight is 404 g/mol. The topological polar surface area (TPSA) is 45.8 Å². The molecule has 0 saturated carbocycles. The number of hydrogen-bond acceptors (Lipinski definition) is 2. The van der Waals surface area contributed by atoms with Crippen molar-refractivity contribution >= 4 is 10.8 Å². The molecule has 0 spiro atoms. The van der Waals surface area contributed by atoms with Gasteiger partial charge in [0, 0.05) is 0 Å². The van der Waals surface area contributed by atoms with Crippen LogP contribution in [0.25, 0.3) is 22.0 Å². The summed E-state index contributed by atoms with van der Waals surface area (Å²) in [6, 6.07) is 23.9. The van der Waals surface area contributed by atoms with Crippen molar-refractivity contribution in [3.8, 4) is 17.3 Å². The number of hydrogen-bond donors (Lipinski definition) is 0. The number of nitrogens with zero attached hydrogens (tertiary/aromatic N) is 2. The lowest BCUT2D eigenvalue weighted by molar-refractivity contribution is -0.137. The summed E-state index contributed by atoms with van der Waals surface area (Å²) in [5.74, 6) is 0. The van der Waals surface area contributed by atoms with Gasteiger partial charge in [-0.05, 0) is 28.0 Å². The van der Waals surface area contributed by atoms with E-state index in [0.717, 1.165) is 22.4 Å². The molecule has 0 bridgehead atoms. The molecule has 6 heteroatoms. The molecule has 0 amide bonds. The van der Waals surface area contributed by atoms with E-state index in [1.165, 1.54) is 10.6 Å². The molecule has 0 unspecified atom stereocenters. The Hall–Kier alpha value is -3.85. The molecule has 1 aromatic heterocycles. The zero-order chi connectivity index (χ0) is 21.3. The van der Waals surface area contributed by atoms with E-state index in [9.17, 15) is 23.2 Å². The van der Waals surface area contributed by atoms with E-state index in [1.807, 2.05) is 42.5 Å². The summed E-state index contributed by atoms with van der Waals surface area (Å²) in [5.41, 5.74) is -1.73. The quantitative estimate of drug-likeness (QED) is 0.446. The zero-order valence-electron chi connectivity index (χ0n) is 15.6. The van der Waals surface area contributed by atoms with Crippen molar-refractivity contribution in [1.29, 1.82) is 5.26 Å². The maximum absolute atomic E-state index is 13.6. The van der Waals surface area contributed by atoms with Crippen molar-refractivity contribution in [3.63, 3.8) is 0 Å². The molecule has 0 atom stereocenters. The number of pyridine rings is 1. The third kappa shape index (κ3) is 3.46. The number of alkyl halides is 3. The first-order valence-corrected chi connectivity index (χ1v) is 9.17. The van der Waals surface area contributed by atoms with E-state index in [2.05, 4.69) is 0 Å². The Kier molecular flexibility index (Phi) is 4.88. The first kappa shape index (κ1) is 19.5. The summed E-state index contributed by atoms with van der Waals surface area (Å²) in [6.07, 6.45) is -4.81. The fourth-order valence-electron chi connectivity index (χ4n) is 3.58. The molecule has 4 rings (SSSR count). The number of benzene rings is 3. The fourth-order valence-corrected chi connectivity index (χ4v) is 3.58. The van der Waals surface area contributed by atoms with E-state index in [0.29, 0.717) is 5.56 Å². The summed E-state index contributed by atoms with van der Waals surface area (Å²) in [6.45, 7) is 0.0389. The average Bonchev–Trinajstić information content (AvgIpc) is 2.75. The van der Waals surface area contributed by atoms with Crippen LogP contribution >= 0.6 is 0 Å². The number of rotatable bonds is 3. The molecule has 3 nitrogen and oxygen atoms in total. The fraction of sp³-hybridized carbons (Fsp3) is 0.0833. The van der Waals surface area contributed by atoms with Gasteiger partial charge in [0.25, 0.3) is 5.56 Å². The van der Waals surface area contributed by atoms with E-state index in [1.54, 1.807) is 30.3 Å². The van der Waals surface area contributed by atoms with E-state index in [-0.39, 0.29) is 12.2 Å². The monoisotopic (exact) mass is 404 g/mol. The largest absolute Gasteiger partial charge is 0.417 e. The second kappa shape index (κ2) is 7.53. The van der Waals surface area contributed by atoms with Crippen molar-refractivity contribution in [2.24, 2.45) is 0 Å². The van der Waals surface area contributed by atoms with Crippen LogP contribution in [0.4, 0.5) is 13.2 Å². The van der Waals surface area contributed by atoms with Gasteiger partial charge < -0.3 is 4.57 Å². The normalized spacial score (nSPS) is 11.4. The number of nitriles is 1. The Balaban J connectivity index is 2.01. The highest BCUT2D eigenvalue weighted by Crippen LogP contribution is 2.34. The zero-order valence-corrected chi connectivity index (χ0v) is 15.6. The lowest BCUT2D eigenvalue weighted by Crippen LogP contribution is -2.28. The molecule has 148 valence electrons. The molecule has 0 N–H and O–H groups in total. The van der Waals surface area contributed by atoms with Crippen LogP contribution in [0.1, 0.15) is 16.7 Å². The third-order valence-corrected chi connectivity index (χ3v) is 5.00. The number of fused-ring (bicyclic) bond motifs is 1. The highest BCUT2D eigenvalue weighted by atomic mass is 19.4. The van der Waals surface area contributed by atoms with Crippen molar-refractivity contribution in [1.82, 2.24) is 4.57 Å². The highest BCUT2D eigenvalue weighted by molar-refractivity contribution is 5.85. The van der Waals surface area contributed by atoms with E-state index < -0.39 is 22.9 Å². The van der Waals surface area contributed by atoms with Crippen LogP contribution in [-0.2, 0) is 12.7 Å². The molecule has 0 radical (unpaired) electrons. The molecular weight excluding hydrogens is 389 g/mol. The third-order valence-electron chi connectivity index (χ3n) is 5.00. The lowest BCUT2D eigenvalue weighted by atomic mass is 10.0. The first-order chi connectivity index (χ1) is 14.4. The van der Waals surface area contributed by atoms with Gasteiger partial charge in [-0.15, -0.1) is 0 Å². The molecule has 1 heterocycles. The van der Waals surface area contributed by atoms with Crippen LogP contribution < -0.4 is 5.56 Å². The van der Waals surface area contributed by atoms with Crippen LogP contribution in [0.3, 0.4) is 0 Å². The highest BCUT2D eigenvalue weighted by Gasteiger charge is 2.36. The van der Waals surface area contributed by atoms with Gasteiger partial charge in [-0.1, -0.05) is 72.8 Å². The Morgan fingerprint density at radius 3 is 2.27 bits per heavy atom. The van der Waals surface area contributed by atoms with Crippen LogP contribution in [0.2, 0.25) is 0 Å². The van der Waals surface area contributed by atoms with Crippen LogP contribution in [-0.4, -0.2) is 4.57 Å². The molecule has 0 saturated heterocycles. The van der Waals surface area contributed by atoms with Crippen molar-refractivity contribution in [2.75, 3.05) is 0 Å². The van der Waals surface area contributed by atoms with Crippen molar-refractivity contribution in [2.45, 2.75) is 12.7 Å². The minimum Gasteiger partial charge on any atom is -0.303 e. The smallest absolute Gasteiger partial charge is 0.303 e. The van der Waals surface area contributed by atoms with Crippen LogP contribution in [0, 0.1) is 11.3 Å². The van der Waals surface area contributed by atoms with Crippen molar-refractivity contribution < 1.29 is 13.2 Å². The maximum atomic E-state index is 13.6. The summed E-state index contributed by atoms with van der Waals surface area (Å²) in [4.78, 5) is 13.0. The summed E-state index contributed by atoms with van der Waals surface area (Å²) >= 11 is 0. The van der Waals surface area contributed by atoms with Crippen molar-refractivity contribution in [3.05, 3.63) is 106 Å². The van der Waals surface area contributed by atoms with Gasteiger partial charge in [0.05, 0.1) is 17.8 Å². The molecule has 0 aliphatic carbocycles. The Morgan fingerprint density at radius 2 is 1.57 bits per heavy atom. The van der Waals surface area contributed by atoms with E-state index in [4.69, 9.17) is 0 Å². The maximum Gasteiger partial charge on any atom is 0.417 e. The molecule has 0 aliphatic rings. The lowest BCUT2D eigenvalue weighted by Gasteiger charge is -2.18. The van der Waals surface area contributed by atoms with Gasteiger partial charge in [-0.3, -0.25) is 4.79 Å². The Labute approximate surface area is 170 Å². The summed E-state index contributed by atoms with van der Waals surface area (Å²) in [5, 5.41) is 11.2. The van der Waals surface area contributed by atoms with Gasteiger partial charge in [-0.2, -0.15) is 18.4 Å². The van der Waals surface area contributed by atoms with E-state index >= 15 is 0 Å². The Bertz CT molecular complexity index is 1330. The minimum absolute atomic E-state index is 0.0389. The molecule has 4 aromatic rings. The molecule has 0 fully saturated rings. The van der Waals surface area contributed by atoms with Gasteiger partial charge >= 0.3 is 6.18 Å². The van der Waals surface area contributed by atoms with Crippen LogP contribution in [0.5, 0.6) is 0 Å². The van der Waals surface area contributed by atoms with Gasteiger partial charge in [0.2, 0.25) is 0 Å². The summed E-state index contributed by atoms with van der Waals surface area (Å²) in [7, 11) is 0. The summed E-state index contributed by atoms with van der Waals surface area (Å²) < 4.78 is 42.0. The second-order valence-electron chi connectivity index (χ2n) is 6.82. The van der Waals surface area contributed by atoms with Gasteiger partial charge in [0.15, 0.2) is 0 Å². The van der Waals surface area contributed by atoms with Crippen LogP contribution in [0.15, 0.2) is 83.7 Å². The standard InChI is InChI=1S/C24H15F3N2O/c25-24(26,27)21-13-22(17-8-2-1-3-9-17)29(23(30)20(21)14-28)15-18-11-6-10-16-7-4-5-12-19(16)18/h1-13H,15H2. The molecule has 30 heavy (non-hydrogen) atoms. The SMILES string of the molecule is N#Cc1c(C(F)(F)F)cc(-c2ccccc2)n(Cc2cccc3ccccc23)c1=O. The second-order valence-corrected chi connectivity index (χ2v) is 6.82. The van der Waals surface area contributed by atoms with Gasteiger partial charge in [-0.25, -0.2) is 0 Å². The minimum atomic E-state index is -4.81. The predicted molar refractivity (Wildman–Crippen MR) is 109 cm³/mol. The Morgan fingerprint density at radius 1 is 0.900 bits per heavy atom. The predicted octanol–water partition coefficient (Wildman–Crippen LogP) is 5.61. The number of aromatic nitrogens is 1. The molecule has 3 aromatic carbocycles. The first-order valence-electron chi connectivity index (χ1n) is 9.17. The van der Waals surface area contributed by atoms with Gasteiger partial charge in [0.1, 0.15) is 11.6 Å². The molecular formula is C24H15F3N2O. The molecule has 0 aliphatic heterocycles. The number of halogens is 3.